The SMILES string of the molecule is [2H]C([2H])([2H])C([2H])(c1cc(NC(=O)Nc2ccc(-c3cn4c(n3)sc3cc(OCCN5CCOCC5)ccc34)cc2)on1)C([2H])([2H])[2H]. The van der Waals surface area contributed by atoms with Crippen LogP contribution in [0.15, 0.2) is 59.3 Å². The van der Waals surface area contributed by atoms with Crippen LogP contribution in [0, 0.1) is 0 Å². The third kappa shape index (κ3) is 5.75. The number of ether oxygens (including phenoxy) is 2. The minimum Gasteiger partial charge on any atom is -0.492 e. The minimum atomic E-state index is -3.23. The fraction of sp³-hybridized carbons (Fsp3) is 0.321. The van der Waals surface area contributed by atoms with Crippen LogP contribution in [0.3, 0.4) is 0 Å². The molecule has 0 spiro atoms. The number of carbonyl (C=O) groups excluding carboxylic acids is 1. The summed E-state index contributed by atoms with van der Waals surface area (Å²) in [5, 5.41) is 8.39. The predicted octanol–water partition coefficient (Wildman–Crippen LogP) is 5.68. The maximum absolute atomic E-state index is 12.5. The second-order valence-electron chi connectivity index (χ2n) is 8.92. The zero-order valence-corrected chi connectivity index (χ0v) is 21.6. The number of hydrogen-bond donors (Lipinski definition) is 2. The highest BCUT2D eigenvalue weighted by Gasteiger charge is 2.14. The third-order valence-corrected chi connectivity index (χ3v) is 7.30. The van der Waals surface area contributed by atoms with Crippen LogP contribution in [0.2, 0.25) is 0 Å². The zero-order chi connectivity index (χ0) is 32.7. The monoisotopic (exact) mass is 553 g/mol. The van der Waals surface area contributed by atoms with Crippen molar-refractivity contribution < 1.29 is 28.4 Å². The fourth-order valence-electron chi connectivity index (χ4n) is 4.28. The summed E-state index contributed by atoms with van der Waals surface area (Å²) in [7, 11) is 0. The van der Waals surface area contributed by atoms with Crippen LogP contribution in [-0.4, -0.2) is 64.9 Å². The van der Waals surface area contributed by atoms with Gasteiger partial charge in [-0.1, -0.05) is 42.3 Å². The van der Waals surface area contributed by atoms with Crippen LogP contribution in [-0.2, 0) is 4.74 Å². The summed E-state index contributed by atoms with van der Waals surface area (Å²) in [6, 6.07) is 13.2. The van der Waals surface area contributed by atoms with Crippen LogP contribution in [0.1, 0.15) is 34.9 Å². The van der Waals surface area contributed by atoms with E-state index in [1.807, 2.05) is 28.8 Å². The number of nitrogens with one attached hydrogen (secondary N) is 2. The van der Waals surface area contributed by atoms with E-state index in [9.17, 15) is 4.79 Å². The van der Waals surface area contributed by atoms with E-state index in [-0.39, 0.29) is 5.88 Å². The smallest absolute Gasteiger partial charge is 0.326 e. The fourth-order valence-corrected chi connectivity index (χ4v) is 5.31. The number of thiazole rings is 1. The van der Waals surface area contributed by atoms with Crippen molar-refractivity contribution in [1.82, 2.24) is 19.4 Å². The average molecular weight is 554 g/mol. The van der Waals surface area contributed by atoms with Gasteiger partial charge in [-0.2, -0.15) is 0 Å². The Morgan fingerprint density at radius 1 is 1.18 bits per heavy atom. The van der Waals surface area contributed by atoms with Crippen LogP contribution in [0.25, 0.3) is 26.4 Å². The number of amides is 2. The number of carbonyl (C=O) groups is 1. The second kappa shape index (κ2) is 11.0. The number of imidazole rings is 1. The molecule has 1 saturated heterocycles. The molecule has 5 aromatic rings. The number of urea groups is 1. The number of morpholine rings is 1. The molecular weight excluding hydrogens is 516 g/mol. The molecule has 1 fully saturated rings. The number of anilines is 2. The van der Waals surface area contributed by atoms with Crippen molar-refractivity contribution in [3.05, 3.63) is 60.4 Å². The molecule has 6 rings (SSSR count). The minimum absolute atomic E-state index is 0.314. The lowest BCUT2D eigenvalue weighted by atomic mass is 10.1. The van der Waals surface area contributed by atoms with Crippen molar-refractivity contribution in [2.24, 2.45) is 0 Å². The Labute approximate surface area is 239 Å². The van der Waals surface area contributed by atoms with Crippen molar-refractivity contribution >= 4 is 44.1 Å². The topological polar surface area (TPSA) is 106 Å². The van der Waals surface area contributed by atoms with Gasteiger partial charge in [-0.05, 0) is 36.2 Å². The number of nitrogens with zero attached hydrogens (tertiary/aromatic N) is 4. The van der Waals surface area contributed by atoms with Gasteiger partial charge in [0.15, 0.2) is 4.96 Å². The van der Waals surface area contributed by atoms with Gasteiger partial charge in [-0.25, -0.2) is 9.78 Å². The lowest BCUT2D eigenvalue weighted by Gasteiger charge is -2.26. The van der Waals surface area contributed by atoms with Gasteiger partial charge in [-0.3, -0.25) is 14.6 Å². The van der Waals surface area contributed by atoms with E-state index in [4.69, 9.17) is 28.6 Å². The van der Waals surface area contributed by atoms with Gasteiger partial charge in [0.05, 0.1) is 34.8 Å². The molecule has 4 heterocycles. The van der Waals surface area contributed by atoms with Crippen molar-refractivity contribution in [1.29, 1.82) is 0 Å². The Morgan fingerprint density at radius 2 is 2.03 bits per heavy atom. The van der Waals surface area contributed by atoms with E-state index in [2.05, 4.69) is 20.7 Å². The van der Waals surface area contributed by atoms with Gasteiger partial charge < -0.3 is 19.3 Å². The summed E-state index contributed by atoms with van der Waals surface area (Å²) in [6.45, 7) is -1.61. The Bertz CT molecular complexity index is 1830. The van der Waals surface area contributed by atoms with Crippen molar-refractivity contribution in [2.75, 3.05) is 50.1 Å². The molecule has 10 nitrogen and oxygen atoms in total. The first kappa shape index (κ1) is 18.4. The molecule has 2 N–H and O–H groups in total. The molecule has 0 radical (unpaired) electrons. The number of aromatic nitrogens is 3. The van der Waals surface area contributed by atoms with Gasteiger partial charge in [0.25, 0.3) is 0 Å². The van der Waals surface area contributed by atoms with Crippen LogP contribution >= 0.6 is 11.3 Å². The summed E-state index contributed by atoms with van der Waals surface area (Å²) in [6.07, 6.45) is 1.95. The van der Waals surface area contributed by atoms with Gasteiger partial charge in [0, 0.05) is 52.7 Å². The summed E-state index contributed by atoms with van der Waals surface area (Å²) in [4.78, 5) is 20.5. The molecule has 0 bridgehead atoms. The highest BCUT2D eigenvalue weighted by atomic mass is 32.1. The molecule has 1 aliphatic rings. The molecule has 3 aromatic heterocycles. The molecule has 0 atom stereocenters. The maximum atomic E-state index is 12.5. The number of rotatable bonds is 8. The van der Waals surface area contributed by atoms with E-state index in [1.165, 1.54) is 0 Å². The summed E-state index contributed by atoms with van der Waals surface area (Å²) in [5.41, 5.74) is 2.40. The Kier molecular flexibility index (Phi) is 5.21. The molecule has 0 saturated carbocycles. The van der Waals surface area contributed by atoms with E-state index >= 15 is 0 Å². The van der Waals surface area contributed by atoms with Crippen molar-refractivity contribution in [3.63, 3.8) is 0 Å². The largest absolute Gasteiger partial charge is 0.492 e. The predicted molar refractivity (Wildman–Crippen MR) is 152 cm³/mol. The van der Waals surface area contributed by atoms with Crippen molar-refractivity contribution in [2.45, 2.75) is 19.6 Å². The van der Waals surface area contributed by atoms with Crippen LogP contribution < -0.4 is 15.4 Å². The molecule has 11 heteroatoms. The number of fused-ring (bicyclic) bond motifs is 3. The van der Waals surface area contributed by atoms with Gasteiger partial charge >= 0.3 is 6.03 Å². The highest BCUT2D eigenvalue weighted by molar-refractivity contribution is 7.23. The quantitative estimate of drug-likeness (QED) is 0.255. The Hall–Kier alpha value is -3.93. The van der Waals surface area contributed by atoms with Gasteiger partial charge in [-0.15, -0.1) is 0 Å². The second-order valence-corrected chi connectivity index (χ2v) is 9.93. The molecular formula is C28H30N6O4S. The lowest BCUT2D eigenvalue weighted by molar-refractivity contribution is 0.0322. The average Bonchev–Trinajstić information content (AvgIpc) is 3.71. The van der Waals surface area contributed by atoms with Crippen molar-refractivity contribution in [3.8, 4) is 17.0 Å². The summed E-state index contributed by atoms with van der Waals surface area (Å²) < 4.78 is 72.9. The third-order valence-electron chi connectivity index (χ3n) is 6.29. The zero-order valence-electron chi connectivity index (χ0n) is 27.8. The normalized spacial score (nSPS) is 17.9. The van der Waals surface area contributed by atoms with E-state index in [1.54, 1.807) is 35.6 Å². The van der Waals surface area contributed by atoms with E-state index in [0.717, 1.165) is 71.1 Å². The summed E-state index contributed by atoms with van der Waals surface area (Å²) in [5.74, 6) is -2.53. The first-order chi connectivity index (χ1) is 21.8. The molecule has 0 aliphatic carbocycles. The molecule has 1 aliphatic heterocycles. The first-order valence-corrected chi connectivity index (χ1v) is 13.1. The molecule has 202 valence electrons. The maximum Gasteiger partial charge on any atom is 0.326 e. The molecule has 0 unspecified atom stereocenters. The Balaban J connectivity index is 1.08. The Morgan fingerprint density at radius 3 is 2.85 bits per heavy atom. The molecule has 2 aromatic carbocycles. The van der Waals surface area contributed by atoms with Gasteiger partial charge in [0.2, 0.25) is 5.88 Å². The standard InChI is InChI=1S/C28H30N6O4S/c1-18(2)22-16-26(38-32-22)31-27(35)29-20-5-3-19(4-6-20)23-17-34-24-8-7-21(15-25(24)39-28(34)30-23)37-14-11-33-9-12-36-13-10-33/h3-8,15-18H,9-14H2,1-2H3,(H2,29,31,35)/i1D3,2D3,18D. The number of hydrogen-bond acceptors (Lipinski definition) is 8. The van der Waals surface area contributed by atoms with E-state index < -0.39 is 31.3 Å². The molecule has 2 amide bonds. The van der Waals surface area contributed by atoms with Gasteiger partial charge in [0.1, 0.15) is 12.4 Å². The number of benzene rings is 2. The van der Waals surface area contributed by atoms with E-state index in [0.29, 0.717) is 12.3 Å². The van der Waals surface area contributed by atoms with Crippen LogP contribution in [0.5, 0.6) is 5.75 Å². The first-order valence-electron chi connectivity index (χ1n) is 15.8. The molecule has 39 heavy (non-hydrogen) atoms. The lowest BCUT2D eigenvalue weighted by Crippen LogP contribution is -2.38. The highest BCUT2D eigenvalue weighted by Crippen LogP contribution is 2.32. The summed E-state index contributed by atoms with van der Waals surface area (Å²) >= 11 is 1.56. The van der Waals surface area contributed by atoms with Crippen LogP contribution in [0.4, 0.5) is 16.4 Å².